The van der Waals surface area contributed by atoms with Crippen LogP contribution in [0.1, 0.15) is 5.56 Å². The summed E-state index contributed by atoms with van der Waals surface area (Å²) >= 11 is 12.0. The third-order valence-corrected chi connectivity index (χ3v) is 4.30. The molecule has 140 valence electrons. The predicted octanol–water partition coefficient (Wildman–Crippen LogP) is 5.20. The number of hydrogen-bond acceptors (Lipinski definition) is 4. The summed E-state index contributed by atoms with van der Waals surface area (Å²) in [7, 11) is 1.62. The molecule has 0 radical (unpaired) electrons. The molecule has 2 aromatic rings. The van der Waals surface area contributed by atoms with Gasteiger partial charge in [0.25, 0.3) is 0 Å². The highest BCUT2D eigenvalue weighted by Gasteiger charge is 2.06. The van der Waals surface area contributed by atoms with Gasteiger partial charge in [0.05, 0.1) is 25.3 Å². The molecule has 0 saturated heterocycles. The van der Waals surface area contributed by atoms with Crippen molar-refractivity contribution in [2.75, 3.05) is 33.5 Å². The summed E-state index contributed by atoms with van der Waals surface area (Å²) in [6.45, 7) is 5.37. The Bertz CT molecular complexity index is 719. The van der Waals surface area contributed by atoms with Crippen molar-refractivity contribution < 1.29 is 18.9 Å². The largest absolute Gasteiger partial charge is 0.493 e. The van der Waals surface area contributed by atoms with Crippen molar-refractivity contribution >= 4 is 23.2 Å². The summed E-state index contributed by atoms with van der Waals surface area (Å²) in [4.78, 5) is 0. The lowest BCUT2D eigenvalue weighted by Gasteiger charge is -2.12. The third kappa shape index (κ3) is 6.13. The monoisotopic (exact) mass is 396 g/mol. The average Bonchev–Trinajstić information content (AvgIpc) is 2.65. The van der Waals surface area contributed by atoms with Crippen LogP contribution >= 0.6 is 23.2 Å². The number of ether oxygens (including phenoxy) is 4. The van der Waals surface area contributed by atoms with Gasteiger partial charge >= 0.3 is 0 Å². The molecule has 4 nitrogen and oxygen atoms in total. The molecular weight excluding hydrogens is 375 g/mol. The molecule has 0 aliphatic carbocycles. The van der Waals surface area contributed by atoms with Gasteiger partial charge in [-0.3, -0.25) is 0 Å². The fourth-order valence-corrected chi connectivity index (χ4v) is 2.59. The predicted molar refractivity (Wildman–Crippen MR) is 105 cm³/mol. The van der Waals surface area contributed by atoms with Gasteiger partial charge in [-0.25, -0.2) is 0 Å². The minimum atomic E-state index is 0.375. The smallest absolute Gasteiger partial charge is 0.161 e. The summed E-state index contributed by atoms with van der Waals surface area (Å²) in [6, 6.07) is 11.1. The van der Waals surface area contributed by atoms with E-state index in [4.69, 9.17) is 42.1 Å². The lowest BCUT2D eigenvalue weighted by Crippen LogP contribution is -2.12. The van der Waals surface area contributed by atoms with Crippen LogP contribution in [0.15, 0.2) is 49.1 Å². The average molecular weight is 397 g/mol. The van der Waals surface area contributed by atoms with Crippen molar-refractivity contribution in [3.63, 3.8) is 0 Å². The number of rotatable bonds is 11. The van der Waals surface area contributed by atoms with Gasteiger partial charge in [0.15, 0.2) is 11.5 Å². The highest BCUT2D eigenvalue weighted by Crippen LogP contribution is 2.31. The Morgan fingerprint density at radius 1 is 0.923 bits per heavy atom. The number of hydrogen-bond donors (Lipinski definition) is 0. The van der Waals surface area contributed by atoms with Gasteiger partial charge < -0.3 is 18.9 Å². The lowest BCUT2D eigenvalue weighted by molar-refractivity contribution is 0.0757. The van der Waals surface area contributed by atoms with Crippen LogP contribution in [0, 0.1) is 0 Å². The van der Waals surface area contributed by atoms with E-state index in [9.17, 15) is 0 Å². The van der Waals surface area contributed by atoms with Gasteiger partial charge in [-0.1, -0.05) is 41.4 Å². The molecule has 26 heavy (non-hydrogen) atoms. The molecule has 0 spiro atoms. The van der Waals surface area contributed by atoms with E-state index in [0.29, 0.717) is 53.7 Å². The highest BCUT2D eigenvalue weighted by atomic mass is 35.5. The van der Waals surface area contributed by atoms with E-state index in [1.165, 1.54) is 0 Å². The first-order valence-corrected chi connectivity index (χ1v) is 8.96. The topological polar surface area (TPSA) is 36.9 Å². The van der Waals surface area contributed by atoms with E-state index < -0.39 is 0 Å². The highest BCUT2D eigenvalue weighted by molar-refractivity contribution is 6.42. The number of methoxy groups -OCH3 is 1. The fourth-order valence-electron chi connectivity index (χ4n) is 2.24. The Labute approximate surface area is 164 Å². The molecular formula is C20H22Cl2O4. The summed E-state index contributed by atoms with van der Waals surface area (Å²) in [6.07, 6.45) is 2.64. The summed E-state index contributed by atoms with van der Waals surface area (Å²) in [5.74, 6) is 1.93. The summed E-state index contributed by atoms with van der Waals surface area (Å²) in [5.41, 5.74) is 1.12. The number of allylic oxidation sites excluding steroid dienone is 1. The van der Waals surface area contributed by atoms with E-state index in [2.05, 4.69) is 6.58 Å². The molecule has 2 aromatic carbocycles. The molecule has 0 aliphatic heterocycles. The van der Waals surface area contributed by atoms with Crippen molar-refractivity contribution in [1.29, 1.82) is 0 Å². The van der Waals surface area contributed by atoms with Crippen molar-refractivity contribution in [2.24, 2.45) is 0 Å². The zero-order valence-corrected chi connectivity index (χ0v) is 16.2. The van der Waals surface area contributed by atoms with E-state index in [1.807, 2.05) is 24.3 Å². The molecule has 0 aromatic heterocycles. The molecule has 0 aliphatic rings. The van der Waals surface area contributed by atoms with Crippen LogP contribution in [-0.4, -0.2) is 33.5 Å². The van der Waals surface area contributed by atoms with Crippen molar-refractivity contribution in [3.8, 4) is 17.2 Å². The van der Waals surface area contributed by atoms with Crippen LogP contribution in [0.25, 0.3) is 0 Å². The Hall–Kier alpha value is -1.88. The zero-order valence-electron chi connectivity index (χ0n) is 14.7. The van der Waals surface area contributed by atoms with Gasteiger partial charge in [0.2, 0.25) is 0 Å². The molecule has 0 saturated carbocycles. The van der Waals surface area contributed by atoms with Gasteiger partial charge in [-0.2, -0.15) is 0 Å². The first kappa shape index (κ1) is 20.4. The molecule has 0 unspecified atom stereocenters. The van der Waals surface area contributed by atoms with Gasteiger partial charge in [0, 0.05) is 0 Å². The van der Waals surface area contributed by atoms with E-state index >= 15 is 0 Å². The number of benzene rings is 2. The lowest BCUT2D eigenvalue weighted by atomic mass is 10.1. The molecule has 0 atom stereocenters. The number of halogens is 2. The molecule has 0 heterocycles. The Morgan fingerprint density at radius 2 is 1.65 bits per heavy atom. The van der Waals surface area contributed by atoms with E-state index in [-0.39, 0.29) is 0 Å². The molecule has 0 amide bonds. The van der Waals surface area contributed by atoms with Crippen LogP contribution in [-0.2, 0) is 11.2 Å². The van der Waals surface area contributed by atoms with E-state index in [1.54, 1.807) is 25.3 Å². The second-order valence-electron chi connectivity index (χ2n) is 5.34. The van der Waals surface area contributed by atoms with Crippen LogP contribution in [0.2, 0.25) is 10.0 Å². The normalized spacial score (nSPS) is 10.4. The molecule has 0 N–H and O–H groups in total. The fraction of sp³-hybridized carbons (Fsp3) is 0.300. The Balaban J connectivity index is 1.67. The van der Waals surface area contributed by atoms with Crippen LogP contribution in [0.3, 0.4) is 0 Å². The minimum absolute atomic E-state index is 0.375. The van der Waals surface area contributed by atoms with Crippen molar-refractivity contribution in [1.82, 2.24) is 0 Å². The molecule has 6 heteroatoms. The van der Waals surface area contributed by atoms with Gasteiger partial charge in [-0.05, 0) is 36.2 Å². The minimum Gasteiger partial charge on any atom is -0.493 e. The summed E-state index contributed by atoms with van der Waals surface area (Å²) in [5, 5.41) is 0.871. The first-order valence-electron chi connectivity index (χ1n) is 8.21. The quantitative estimate of drug-likeness (QED) is 0.386. The first-order chi connectivity index (χ1) is 12.7. The Kier molecular flexibility index (Phi) is 8.62. The third-order valence-electron chi connectivity index (χ3n) is 3.49. The maximum absolute atomic E-state index is 6.05. The SMILES string of the molecule is C=CCc1ccc(OCCOCCOc2cccc(Cl)c2Cl)c(OC)c1. The maximum atomic E-state index is 6.05. The van der Waals surface area contributed by atoms with Crippen LogP contribution < -0.4 is 14.2 Å². The van der Waals surface area contributed by atoms with Crippen molar-refractivity contribution in [3.05, 3.63) is 64.7 Å². The second-order valence-corrected chi connectivity index (χ2v) is 6.12. The van der Waals surface area contributed by atoms with Gasteiger partial charge in [-0.15, -0.1) is 6.58 Å². The van der Waals surface area contributed by atoms with E-state index in [0.717, 1.165) is 12.0 Å². The molecule has 0 bridgehead atoms. The summed E-state index contributed by atoms with van der Waals surface area (Å²) < 4.78 is 22.1. The standard InChI is InChI=1S/C20H22Cl2O4/c1-3-5-15-8-9-17(19(14-15)23-2)25-12-10-24-11-13-26-18-7-4-6-16(21)20(18)22/h3-4,6-9,14H,1,5,10-13H2,2H3. The molecule has 2 rings (SSSR count). The van der Waals surface area contributed by atoms with Gasteiger partial charge in [0.1, 0.15) is 24.0 Å². The van der Waals surface area contributed by atoms with Crippen molar-refractivity contribution in [2.45, 2.75) is 6.42 Å². The Morgan fingerprint density at radius 3 is 2.35 bits per heavy atom. The second kappa shape index (κ2) is 11.0. The zero-order chi connectivity index (χ0) is 18.8. The van der Waals surface area contributed by atoms with Crippen LogP contribution in [0.4, 0.5) is 0 Å². The maximum Gasteiger partial charge on any atom is 0.161 e. The molecule has 0 fully saturated rings. The van der Waals surface area contributed by atoms with Crippen LogP contribution in [0.5, 0.6) is 17.2 Å².